The number of nitrogens with two attached hydrogens (primary N) is 2. The highest BCUT2D eigenvalue weighted by atomic mass is 31.2. The Balaban J connectivity index is 2.74. The molecular weight excluding hydrogens is 161 g/mol. The van der Waals surface area contributed by atoms with Crippen LogP contribution in [-0.4, -0.2) is 0 Å². The minimum Gasteiger partial charge on any atom is -0.313 e. The molecule has 60 valence electrons. The molecule has 1 rings (SSSR count). The van der Waals surface area contributed by atoms with Crippen LogP contribution in [0.1, 0.15) is 0 Å². The Morgan fingerprint density at radius 3 is 2.18 bits per heavy atom. The van der Waals surface area contributed by atoms with Crippen LogP contribution in [0.2, 0.25) is 0 Å². The summed E-state index contributed by atoms with van der Waals surface area (Å²) in [5.41, 5.74) is 10.8. The molecule has 0 spiro atoms. The van der Waals surface area contributed by atoms with Crippen molar-refractivity contribution in [2.45, 2.75) is 0 Å². The standard InChI is InChI=1S/C6H10N3OP/c7-11(8,10)9-6-4-2-1-3-5-6/h1-5H,(H5,7,8,9,10). The van der Waals surface area contributed by atoms with Crippen molar-refractivity contribution >= 4 is 13.3 Å². The van der Waals surface area contributed by atoms with Crippen molar-refractivity contribution < 1.29 is 4.57 Å². The zero-order valence-corrected chi connectivity index (χ0v) is 6.79. The first-order valence-electron chi connectivity index (χ1n) is 3.08. The molecule has 0 aliphatic heterocycles. The average molecular weight is 171 g/mol. The second-order valence-electron chi connectivity index (χ2n) is 2.19. The second kappa shape index (κ2) is 3.05. The van der Waals surface area contributed by atoms with E-state index >= 15 is 0 Å². The third kappa shape index (κ3) is 3.18. The van der Waals surface area contributed by atoms with E-state index in [0.717, 1.165) is 0 Å². The topological polar surface area (TPSA) is 81.1 Å². The van der Waals surface area contributed by atoms with E-state index in [2.05, 4.69) is 5.09 Å². The van der Waals surface area contributed by atoms with Crippen LogP contribution in [0.4, 0.5) is 5.69 Å². The largest absolute Gasteiger partial charge is 0.313 e. The van der Waals surface area contributed by atoms with Gasteiger partial charge in [0.1, 0.15) is 0 Å². The van der Waals surface area contributed by atoms with Crippen LogP contribution in [0.3, 0.4) is 0 Å². The summed E-state index contributed by atoms with van der Waals surface area (Å²) in [6, 6.07) is 8.94. The molecular formula is C6H10N3OP. The second-order valence-corrected chi connectivity index (χ2v) is 3.83. The Labute approximate surface area is 65.1 Å². The van der Waals surface area contributed by atoms with Crippen LogP contribution in [0, 0.1) is 0 Å². The number of hydrogen-bond acceptors (Lipinski definition) is 1. The number of anilines is 1. The molecule has 0 aromatic heterocycles. The summed E-state index contributed by atoms with van der Waals surface area (Å²) in [4.78, 5) is 0. The first-order valence-corrected chi connectivity index (χ1v) is 4.93. The van der Waals surface area contributed by atoms with Gasteiger partial charge in [-0.1, -0.05) is 18.2 Å². The van der Waals surface area contributed by atoms with Crippen LogP contribution in [0.15, 0.2) is 30.3 Å². The van der Waals surface area contributed by atoms with E-state index in [1.165, 1.54) is 0 Å². The molecule has 0 aliphatic carbocycles. The minimum absolute atomic E-state index is 0.667. The lowest BCUT2D eigenvalue weighted by atomic mass is 10.3. The predicted molar refractivity (Wildman–Crippen MR) is 46.0 cm³/mol. The Kier molecular flexibility index (Phi) is 2.29. The smallest absolute Gasteiger partial charge is 0.298 e. The highest BCUT2D eigenvalue weighted by molar-refractivity contribution is 7.60. The lowest BCUT2D eigenvalue weighted by molar-refractivity contribution is 0.580. The summed E-state index contributed by atoms with van der Waals surface area (Å²) < 4.78 is 10.8. The number of rotatable bonds is 2. The fourth-order valence-corrected chi connectivity index (χ4v) is 1.27. The number of nitrogens with one attached hydrogen (secondary N) is 1. The molecule has 0 heterocycles. The summed E-state index contributed by atoms with van der Waals surface area (Å²) in [7, 11) is -3.14. The highest BCUT2D eigenvalue weighted by Gasteiger charge is 2.05. The average Bonchev–Trinajstić information content (AvgIpc) is 1.85. The van der Waals surface area contributed by atoms with Gasteiger partial charge in [-0.3, -0.25) is 15.6 Å². The molecule has 5 heteroatoms. The van der Waals surface area contributed by atoms with Gasteiger partial charge in [0, 0.05) is 5.69 Å². The molecule has 0 amide bonds. The third-order valence-corrected chi connectivity index (χ3v) is 1.69. The zero-order valence-electron chi connectivity index (χ0n) is 5.90. The van der Waals surface area contributed by atoms with Crippen molar-refractivity contribution in [2.24, 2.45) is 11.0 Å². The van der Waals surface area contributed by atoms with Crippen molar-refractivity contribution in [3.63, 3.8) is 0 Å². The van der Waals surface area contributed by atoms with Gasteiger partial charge in [-0.15, -0.1) is 0 Å². The van der Waals surface area contributed by atoms with Gasteiger partial charge in [0.05, 0.1) is 0 Å². The maximum absolute atomic E-state index is 10.8. The normalized spacial score (nSPS) is 11.1. The van der Waals surface area contributed by atoms with Crippen LogP contribution < -0.4 is 16.1 Å². The van der Waals surface area contributed by atoms with Crippen LogP contribution >= 0.6 is 7.59 Å². The Morgan fingerprint density at radius 1 is 1.18 bits per heavy atom. The summed E-state index contributed by atoms with van der Waals surface area (Å²) in [6.45, 7) is 0. The fourth-order valence-electron chi connectivity index (χ4n) is 0.714. The maximum Gasteiger partial charge on any atom is 0.298 e. The van der Waals surface area contributed by atoms with Gasteiger partial charge in [-0.25, -0.2) is 0 Å². The van der Waals surface area contributed by atoms with Crippen LogP contribution in [0.25, 0.3) is 0 Å². The van der Waals surface area contributed by atoms with Gasteiger partial charge >= 0.3 is 0 Å². The predicted octanol–water partition coefficient (Wildman–Crippen LogP) is 1.12. The molecule has 5 N–H and O–H groups in total. The summed E-state index contributed by atoms with van der Waals surface area (Å²) >= 11 is 0. The van der Waals surface area contributed by atoms with E-state index in [1.807, 2.05) is 6.07 Å². The highest BCUT2D eigenvalue weighted by Crippen LogP contribution is 2.26. The Bertz CT molecular complexity index is 268. The minimum atomic E-state index is -3.14. The van der Waals surface area contributed by atoms with E-state index < -0.39 is 7.59 Å². The number of benzene rings is 1. The molecule has 0 fully saturated rings. The van der Waals surface area contributed by atoms with Gasteiger partial charge in [0.2, 0.25) is 0 Å². The molecule has 11 heavy (non-hydrogen) atoms. The van der Waals surface area contributed by atoms with E-state index in [0.29, 0.717) is 5.69 Å². The molecule has 0 saturated carbocycles. The zero-order chi connectivity index (χ0) is 8.32. The van der Waals surface area contributed by atoms with E-state index in [-0.39, 0.29) is 0 Å². The van der Waals surface area contributed by atoms with Crippen molar-refractivity contribution in [3.8, 4) is 0 Å². The van der Waals surface area contributed by atoms with E-state index in [9.17, 15) is 4.57 Å². The molecule has 0 aliphatic rings. The maximum atomic E-state index is 10.8. The molecule has 0 bridgehead atoms. The monoisotopic (exact) mass is 171 g/mol. The molecule has 1 aromatic rings. The molecule has 0 radical (unpaired) electrons. The van der Waals surface area contributed by atoms with Gasteiger partial charge < -0.3 is 5.09 Å². The van der Waals surface area contributed by atoms with E-state index in [1.54, 1.807) is 24.3 Å². The van der Waals surface area contributed by atoms with Crippen molar-refractivity contribution in [3.05, 3.63) is 30.3 Å². The number of para-hydroxylation sites is 1. The summed E-state index contributed by atoms with van der Waals surface area (Å²) in [6.07, 6.45) is 0. The first-order chi connectivity index (χ1) is 5.08. The third-order valence-electron chi connectivity index (χ3n) is 1.08. The van der Waals surface area contributed by atoms with Crippen LogP contribution in [-0.2, 0) is 4.57 Å². The van der Waals surface area contributed by atoms with Gasteiger partial charge in [0.15, 0.2) is 0 Å². The molecule has 1 aromatic carbocycles. The quantitative estimate of drug-likeness (QED) is 0.582. The van der Waals surface area contributed by atoms with E-state index in [4.69, 9.17) is 11.0 Å². The SMILES string of the molecule is NP(N)(=O)Nc1ccccc1. The fraction of sp³-hybridized carbons (Fsp3) is 0. The van der Waals surface area contributed by atoms with Gasteiger partial charge in [-0.2, -0.15) is 0 Å². The Morgan fingerprint density at radius 2 is 1.73 bits per heavy atom. The van der Waals surface area contributed by atoms with Crippen molar-refractivity contribution in [2.75, 3.05) is 5.09 Å². The number of hydrogen-bond donors (Lipinski definition) is 3. The summed E-state index contributed by atoms with van der Waals surface area (Å²) in [5, 5.41) is 2.49. The summed E-state index contributed by atoms with van der Waals surface area (Å²) in [5.74, 6) is 0. The Hall–Kier alpha value is -0.830. The molecule has 4 nitrogen and oxygen atoms in total. The van der Waals surface area contributed by atoms with Crippen LogP contribution in [0.5, 0.6) is 0 Å². The lowest BCUT2D eigenvalue weighted by Crippen LogP contribution is -2.12. The molecule has 0 unspecified atom stereocenters. The lowest BCUT2D eigenvalue weighted by Gasteiger charge is -2.08. The van der Waals surface area contributed by atoms with Gasteiger partial charge in [-0.05, 0) is 12.1 Å². The molecule has 0 saturated heterocycles. The van der Waals surface area contributed by atoms with Gasteiger partial charge in [0.25, 0.3) is 7.59 Å². The molecule has 0 atom stereocenters. The van der Waals surface area contributed by atoms with Crippen molar-refractivity contribution in [1.29, 1.82) is 0 Å². The first kappa shape index (κ1) is 8.27. The van der Waals surface area contributed by atoms with Crippen molar-refractivity contribution in [1.82, 2.24) is 0 Å².